The Morgan fingerprint density at radius 1 is 1.33 bits per heavy atom. The van der Waals surface area contributed by atoms with E-state index >= 15 is 0 Å². The van der Waals surface area contributed by atoms with Crippen LogP contribution in [-0.2, 0) is 11.3 Å². The van der Waals surface area contributed by atoms with E-state index in [1.165, 1.54) is 0 Å². The number of carbonyl (C=O) groups is 1. The minimum atomic E-state index is -0.842. The van der Waals surface area contributed by atoms with Crippen LogP contribution in [0.4, 0.5) is 0 Å². The van der Waals surface area contributed by atoms with Crippen LogP contribution in [-0.4, -0.2) is 21.6 Å². The maximum absolute atomic E-state index is 12.0. The Hall–Kier alpha value is -1.85. The number of carbonyl (C=O) groups excluding carboxylic acids is 1. The van der Waals surface area contributed by atoms with E-state index in [9.17, 15) is 9.90 Å². The highest BCUT2D eigenvalue weighted by molar-refractivity contribution is 6.30. The molecular weight excluding hydrogens is 328 g/mol. The van der Waals surface area contributed by atoms with Gasteiger partial charge in [0.1, 0.15) is 0 Å². The summed E-state index contributed by atoms with van der Waals surface area (Å²) in [4.78, 5) is 16.4. The molecule has 2 N–H and O–H groups in total. The number of halogens is 1. The zero-order valence-corrected chi connectivity index (χ0v) is 14.4. The van der Waals surface area contributed by atoms with Crippen molar-refractivity contribution >= 4 is 17.5 Å². The van der Waals surface area contributed by atoms with E-state index in [0.717, 1.165) is 24.1 Å². The summed E-state index contributed by atoms with van der Waals surface area (Å²) in [6, 6.07) is 7.33. The number of aliphatic hydroxyl groups is 1. The molecule has 0 aliphatic heterocycles. The molecule has 0 unspecified atom stereocenters. The van der Waals surface area contributed by atoms with Gasteiger partial charge in [-0.3, -0.25) is 4.79 Å². The number of nitrogens with zero attached hydrogens (tertiary/aromatic N) is 1. The van der Waals surface area contributed by atoms with Gasteiger partial charge in [0.15, 0.2) is 5.76 Å². The maximum Gasteiger partial charge on any atom is 0.223 e. The number of aromatic nitrogens is 1. The molecule has 1 heterocycles. The Morgan fingerprint density at radius 2 is 2.00 bits per heavy atom. The molecule has 0 radical (unpaired) electrons. The van der Waals surface area contributed by atoms with Gasteiger partial charge >= 0.3 is 0 Å². The van der Waals surface area contributed by atoms with Crippen LogP contribution in [0.25, 0.3) is 11.3 Å². The molecule has 24 heavy (non-hydrogen) atoms. The largest absolute Gasteiger partial charge is 0.438 e. The van der Waals surface area contributed by atoms with Crippen molar-refractivity contribution in [3.8, 4) is 11.3 Å². The molecule has 6 heteroatoms. The first kappa shape index (κ1) is 17.0. The van der Waals surface area contributed by atoms with E-state index in [4.69, 9.17) is 16.0 Å². The molecule has 0 spiro atoms. The van der Waals surface area contributed by atoms with Crippen molar-refractivity contribution in [2.45, 2.75) is 51.2 Å². The lowest BCUT2D eigenvalue weighted by molar-refractivity contribution is -0.126. The molecule has 0 bridgehead atoms. The highest BCUT2D eigenvalue weighted by Gasteiger charge is 2.33. The van der Waals surface area contributed by atoms with Crippen LogP contribution in [0.15, 0.2) is 28.7 Å². The fourth-order valence-corrected chi connectivity index (χ4v) is 3.27. The topological polar surface area (TPSA) is 75.4 Å². The zero-order chi connectivity index (χ0) is 17.2. The average Bonchev–Trinajstić information content (AvgIpc) is 3.12. The molecule has 1 aromatic heterocycles. The molecule has 0 atom stereocenters. The third-order valence-electron chi connectivity index (χ3n) is 4.41. The highest BCUT2D eigenvalue weighted by Crippen LogP contribution is 2.32. The van der Waals surface area contributed by atoms with Crippen LogP contribution < -0.4 is 5.32 Å². The summed E-state index contributed by atoms with van der Waals surface area (Å²) < 4.78 is 5.75. The van der Waals surface area contributed by atoms with Crippen molar-refractivity contribution < 1.29 is 14.3 Å². The van der Waals surface area contributed by atoms with Crippen LogP contribution in [0.5, 0.6) is 0 Å². The first-order valence-electron chi connectivity index (χ1n) is 8.16. The molecule has 1 aromatic carbocycles. The minimum absolute atomic E-state index is 0.136. The molecule has 128 valence electrons. The molecule has 0 saturated heterocycles. The Bertz CT molecular complexity index is 718. The monoisotopic (exact) mass is 348 g/mol. The lowest BCUT2D eigenvalue weighted by Gasteiger charge is -2.20. The summed E-state index contributed by atoms with van der Waals surface area (Å²) in [6.07, 6.45) is 3.48. The Morgan fingerprint density at radius 3 is 2.67 bits per heavy atom. The first-order valence-corrected chi connectivity index (χ1v) is 8.54. The predicted molar refractivity (Wildman–Crippen MR) is 91.6 cm³/mol. The summed E-state index contributed by atoms with van der Waals surface area (Å²) in [7, 11) is 0. The van der Waals surface area contributed by atoms with E-state index in [-0.39, 0.29) is 18.9 Å². The van der Waals surface area contributed by atoms with Gasteiger partial charge in [0.25, 0.3) is 0 Å². The van der Waals surface area contributed by atoms with Gasteiger partial charge in [-0.15, -0.1) is 0 Å². The molecule has 2 aromatic rings. The van der Waals surface area contributed by atoms with E-state index < -0.39 is 5.60 Å². The van der Waals surface area contributed by atoms with Gasteiger partial charge in [0.2, 0.25) is 11.8 Å². The summed E-state index contributed by atoms with van der Waals surface area (Å²) in [6.45, 7) is 2.07. The number of hydrogen-bond donors (Lipinski definition) is 2. The third-order valence-corrected chi connectivity index (χ3v) is 4.66. The first-order chi connectivity index (χ1) is 11.5. The van der Waals surface area contributed by atoms with Gasteiger partial charge in [-0.1, -0.05) is 24.4 Å². The molecule has 5 nitrogen and oxygen atoms in total. The van der Waals surface area contributed by atoms with E-state index in [0.29, 0.717) is 29.5 Å². The summed E-state index contributed by atoms with van der Waals surface area (Å²) >= 11 is 5.90. The normalized spacial score (nSPS) is 16.3. The predicted octanol–water partition coefficient (Wildman–Crippen LogP) is 3.61. The summed E-state index contributed by atoms with van der Waals surface area (Å²) in [5, 5.41) is 13.7. The van der Waals surface area contributed by atoms with Crippen molar-refractivity contribution in [3.63, 3.8) is 0 Å². The lowest BCUT2D eigenvalue weighted by Crippen LogP contribution is -2.34. The fraction of sp³-hybridized carbons (Fsp3) is 0.444. The Balaban J connectivity index is 1.61. The number of aryl methyl sites for hydroxylation is 1. The summed E-state index contributed by atoms with van der Waals surface area (Å²) in [5.74, 6) is 0.942. The minimum Gasteiger partial charge on any atom is -0.438 e. The van der Waals surface area contributed by atoms with Crippen LogP contribution in [0.3, 0.4) is 0 Å². The number of rotatable bonds is 5. The molecule has 1 aliphatic rings. The lowest BCUT2D eigenvalue weighted by atomic mass is 9.98. The Kier molecular flexibility index (Phi) is 4.92. The molecule has 3 rings (SSSR count). The van der Waals surface area contributed by atoms with Gasteiger partial charge in [-0.25, -0.2) is 4.98 Å². The second-order valence-corrected chi connectivity index (χ2v) is 6.85. The van der Waals surface area contributed by atoms with Gasteiger partial charge in [-0.2, -0.15) is 0 Å². The molecule has 1 amide bonds. The smallest absolute Gasteiger partial charge is 0.223 e. The zero-order valence-electron chi connectivity index (χ0n) is 13.6. The quantitative estimate of drug-likeness (QED) is 0.865. The second kappa shape index (κ2) is 6.95. The molecular formula is C18H21ClN2O3. The van der Waals surface area contributed by atoms with Gasteiger partial charge in [0, 0.05) is 10.6 Å². The van der Waals surface area contributed by atoms with Crippen molar-refractivity contribution in [1.82, 2.24) is 10.3 Å². The molecule has 1 aliphatic carbocycles. The van der Waals surface area contributed by atoms with Crippen molar-refractivity contribution in [2.24, 2.45) is 0 Å². The number of benzene rings is 1. The molecule has 1 saturated carbocycles. The van der Waals surface area contributed by atoms with Crippen LogP contribution in [0.2, 0.25) is 5.02 Å². The fourth-order valence-electron chi connectivity index (χ4n) is 3.14. The van der Waals surface area contributed by atoms with Crippen molar-refractivity contribution in [2.75, 3.05) is 0 Å². The number of oxazole rings is 1. The van der Waals surface area contributed by atoms with Gasteiger partial charge in [0.05, 0.1) is 24.3 Å². The standard InChI is InChI=1S/C18H21ClN2O3/c1-12-17(13-4-6-14(19)7-5-13)24-16(21-12)11-20-15(22)10-18(23)8-2-3-9-18/h4-7,23H,2-3,8-11H2,1H3,(H,20,22). The van der Waals surface area contributed by atoms with Crippen LogP contribution in [0, 0.1) is 6.92 Å². The van der Waals surface area contributed by atoms with Crippen molar-refractivity contribution in [3.05, 3.63) is 40.9 Å². The number of nitrogens with one attached hydrogen (secondary N) is 1. The van der Waals surface area contributed by atoms with E-state index in [1.54, 1.807) is 12.1 Å². The van der Waals surface area contributed by atoms with Crippen LogP contribution in [0.1, 0.15) is 43.7 Å². The van der Waals surface area contributed by atoms with Crippen LogP contribution >= 0.6 is 11.6 Å². The van der Waals surface area contributed by atoms with Crippen molar-refractivity contribution in [1.29, 1.82) is 0 Å². The third kappa shape index (κ3) is 3.97. The average molecular weight is 349 g/mol. The van der Waals surface area contributed by atoms with E-state index in [2.05, 4.69) is 10.3 Å². The molecule has 1 fully saturated rings. The highest BCUT2D eigenvalue weighted by atomic mass is 35.5. The SMILES string of the molecule is Cc1nc(CNC(=O)CC2(O)CCCC2)oc1-c1ccc(Cl)cc1. The maximum atomic E-state index is 12.0. The van der Waals surface area contributed by atoms with E-state index in [1.807, 2.05) is 19.1 Å². The number of amides is 1. The Labute approximate surface area is 146 Å². The van der Waals surface area contributed by atoms with Gasteiger partial charge in [-0.05, 0) is 44.0 Å². The summed E-state index contributed by atoms with van der Waals surface area (Å²) in [5.41, 5.74) is 0.809. The van der Waals surface area contributed by atoms with Gasteiger partial charge < -0.3 is 14.8 Å². The second-order valence-electron chi connectivity index (χ2n) is 6.41. The number of hydrogen-bond acceptors (Lipinski definition) is 4.